The van der Waals surface area contributed by atoms with Crippen LogP contribution >= 0.6 is 27.5 Å². The summed E-state index contributed by atoms with van der Waals surface area (Å²) in [5, 5.41) is 3.34. The fourth-order valence-corrected chi connectivity index (χ4v) is 2.37. The second-order valence-electron chi connectivity index (χ2n) is 4.39. The molecule has 0 fully saturated rings. The van der Waals surface area contributed by atoms with Crippen molar-refractivity contribution in [3.63, 3.8) is 0 Å². The quantitative estimate of drug-likeness (QED) is 0.805. The smallest absolute Gasteiger partial charge is 0.252 e. The summed E-state index contributed by atoms with van der Waals surface area (Å²) in [5.74, 6) is -0.140. The number of rotatable bonds is 6. The Kier molecular flexibility index (Phi) is 5.61. The molecule has 0 saturated heterocycles. The number of carbonyl (C=O) groups excluding carboxylic acids is 1. The average molecular weight is 357 g/mol. The van der Waals surface area contributed by atoms with Crippen molar-refractivity contribution >= 4 is 33.4 Å². The van der Waals surface area contributed by atoms with Crippen LogP contribution in [0.25, 0.3) is 0 Å². The summed E-state index contributed by atoms with van der Waals surface area (Å²) >= 11 is 9.34. The lowest BCUT2D eigenvalue weighted by Gasteiger charge is -2.07. The van der Waals surface area contributed by atoms with Gasteiger partial charge in [0, 0.05) is 30.0 Å². The summed E-state index contributed by atoms with van der Waals surface area (Å²) in [5.41, 5.74) is 0.496. The maximum atomic E-state index is 12.0. The van der Waals surface area contributed by atoms with E-state index in [9.17, 15) is 4.79 Å². The Morgan fingerprint density at radius 1 is 1.40 bits per heavy atom. The van der Waals surface area contributed by atoms with Crippen molar-refractivity contribution in [2.24, 2.45) is 0 Å². The SMILES string of the molecule is O=C(NCCCCn1ccnc1)c1cc(Br)ccc1Cl. The van der Waals surface area contributed by atoms with Gasteiger partial charge < -0.3 is 9.88 Å². The fraction of sp³-hybridized carbons (Fsp3) is 0.286. The van der Waals surface area contributed by atoms with Crippen LogP contribution in [0.15, 0.2) is 41.4 Å². The molecule has 6 heteroatoms. The lowest BCUT2D eigenvalue weighted by atomic mass is 10.2. The van der Waals surface area contributed by atoms with E-state index in [4.69, 9.17) is 11.6 Å². The number of aromatic nitrogens is 2. The van der Waals surface area contributed by atoms with Crippen LogP contribution in [-0.4, -0.2) is 22.0 Å². The summed E-state index contributed by atoms with van der Waals surface area (Å²) in [6.45, 7) is 1.55. The number of hydrogen-bond acceptors (Lipinski definition) is 2. The first-order chi connectivity index (χ1) is 9.66. The Morgan fingerprint density at radius 3 is 3.00 bits per heavy atom. The molecule has 1 heterocycles. The zero-order valence-electron chi connectivity index (χ0n) is 10.9. The molecule has 0 radical (unpaired) electrons. The Bertz CT molecular complexity index is 572. The third-order valence-electron chi connectivity index (χ3n) is 2.86. The van der Waals surface area contributed by atoms with E-state index in [-0.39, 0.29) is 5.91 Å². The number of nitrogens with zero attached hydrogens (tertiary/aromatic N) is 2. The van der Waals surface area contributed by atoms with Gasteiger partial charge >= 0.3 is 0 Å². The summed E-state index contributed by atoms with van der Waals surface area (Å²) < 4.78 is 2.86. The number of aryl methyl sites for hydroxylation is 1. The van der Waals surface area contributed by atoms with E-state index in [2.05, 4.69) is 26.2 Å². The molecule has 0 aliphatic rings. The molecule has 0 aliphatic carbocycles. The van der Waals surface area contributed by atoms with E-state index in [0.29, 0.717) is 17.1 Å². The van der Waals surface area contributed by atoms with E-state index in [0.717, 1.165) is 23.9 Å². The molecule has 1 amide bonds. The van der Waals surface area contributed by atoms with Crippen molar-refractivity contribution < 1.29 is 4.79 Å². The van der Waals surface area contributed by atoms with E-state index in [1.807, 2.05) is 16.8 Å². The first-order valence-corrected chi connectivity index (χ1v) is 7.53. The molecule has 1 N–H and O–H groups in total. The Labute approximate surface area is 131 Å². The van der Waals surface area contributed by atoms with Crippen LogP contribution in [0.3, 0.4) is 0 Å². The zero-order chi connectivity index (χ0) is 14.4. The van der Waals surface area contributed by atoms with Gasteiger partial charge in [0.2, 0.25) is 0 Å². The van der Waals surface area contributed by atoms with Crippen LogP contribution in [0.1, 0.15) is 23.2 Å². The molecule has 2 rings (SSSR count). The van der Waals surface area contributed by atoms with Crippen LogP contribution in [0, 0.1) is 0 Å². The molecule has 1 aromatic carbocycles. The molecule has 0 spiro atoms. The minimum Gasteiger partial charge on any atom is -0.352 e. The summed E-state index contributed by atoms with van der Waals surface area (Å²) in [6.07, 6.45) is 7.38. The third-order valence-corrected chi connectivity index (χ3v) is 3.68. The highest BCUT2D eigenvalue weighted by atomic mass is 79.9. The Balaban J connectivity index is 1.73. The molecule has 1 aromatic heterocycles. The van der Waals surface area contributed by atoms with Crippen molar-refractivity contribution in [2.75, 3.05) is 6.54 Å². The topological polar surface area (TPSA) is 46.9 Å². The van der Waals surface area contributed by atoms with Gasteiger partial charge in [-0.3, -0.25) is 4.79 Å². The Morgan fingerprint density at radius 2 is 2.25 bits per heavy atom. The van der Waals surface area contributed by atoms with Gasteiger partial charge in [-0.05, 0) is 31.0 Å². The average Bonchev–Trinajstić information content (AvgIpc) is 2.94. The largest absolute Gasteiger partial charge is 0.352 e. The monoisotopic (exact) mass is 355 g/mol. The highest BCUT2D eigenvalue weighted by Gasteiger charge is 2.09. The van der Waals surface area contributed by atoms with Gasteiger partial charge in [0.05, 0.1) is 16.9 Å². The number of carbonyl (C=O) groups is 1. The normalized spacial score (nSPS) is 10.5. The van der Waals surface area contributed by atoms with Gasteiger partial charge in [-0.15, -0.1) is 0 Å². The molecule has 0 saturated carbocycles. The van der Waals surface area contributed by atoms with E-state index in [1.54, 1.807) is 24.7 Å². The van der Waals surface area contributed by atoms with Crippen molar-refractivity contribution in [1.82, 2.24) is 14.9 Å². The van der Waals surface area contributed by atoms with Crippen LogP contribution < -0.4 is 5.32 Å². The molecule has 0 bridgehead atoms. The van der Waals surface area contributed by atoms with Gasteiger partial charge in [0.1, 0.15) is 0 Å². The van der Waals surface area contributed by atoms with Gasteiger partial charge in [0.25, 0.3) is 5.91 Å². The molecule has 0 aliphatic heterocycles. The summed E-state index contributed by atoms with van der Waals surface area (Å²) in [6, 6.07) is 5.24. The first kappa shape index (κ1) is 15.1. The second kappa shape index (κ2) is 7.45. The molecule has 0 atom stereocenters. The number of nitrogens with one attached hydrogen (secondary N) is 1. The summed E-state index contributed by atoms with van der Waals surface area (Å²) in [4.78, 5) is 16.0. The van der Waals surface area contributed by atoms with E-state index < -0.39 is 0 Å². The van der Waals surface area contributed by atoms with Crippen LogP contribution in [0.5, 0.6) is 0 Å². The van der Waals surface area contributed by atoms with Crippen LogP contribution in [0.4, 0.5) is 0 Å². The predicted molar refractivity (Wildman–Crippen MR) is 82.9 cm³/mol. The van der Waals surface area contributed by atoms with Crippen LogP contribution in [-0.2, 0) is 6.54 Å². The van der Waals surface area contributed by atoms with Crippen molar-refractivity contribution in [1.29, 1.82) is 0 Å². The number of unbranched alkanes of at least 4 members (excludes halogenated alkanes) is 1. The third kappa shape index (κ3) is 4.35. The lowest BCUT2D eigenvalue weighted by Crippen LogP contribution is -2.24. The number of imidazole rings is 1. The number of benzene rings is 1. The molecule has 106 valence electrons. The Hall–Kier alpha value is -1.33. The molecular weight excluding hydrogens is 342 g/mol. The minimum absolute atomic E-state index is 0.140. The van der Waals surface area contributed by atoms with Crippen LogP contribution in [0.2, 0.25) is 5.02 Å². The lowest BCUT2D eigenvalue weighted by molar-refractivity contribution is 0.0953. The molecule has 0 unspecified atom stereocenters. The standard InChI is InChI=1S/C14H15BrClN3O/c15-11-3-4-13(16)12(9-11)14(20)18-5-1-2-7-19-8-6-17-10-19/h3-4,6,8-10H,1-2,5,7H2,(H,18,20). The molecular formula is C14H15BrClN3O. The highest BCUT2D eigenvalue weighted by Crippen LogP contribution is 2.20. The minimum atomic E-state index is -0.140. The van der Waals surface area contributed by atoms with Crippen molar-refractivity contribution in [3.05, 3.63) is 52.0 Å². The first-order valence-electron chi connectivity index (χ1n) is 6.36. The maximum absolute atomic E-state index is 12.0. The van der Waals surface area contributed by atoms with Crippen molar-refractivity contribution in [2.45, 2.75) is 19.4 Å². The van der Waals surface area contributed by atoms with Gasteiger partial charge in [-0.2, -0.15) is 0 Å². The van der Waals surface area contributed by atoms with Crippen molar-refractivity contribution in [3.8, 4) is 0 Å². The van der Waals surface area contributed by atoms with Gasteiger partial charge in [-0.25, -0.2) is 4.98 Å². The maximum Gasteiger partial charge on any atom is 0.252 e. The highest BCUT2D eigenvalue weighted by molar-refractivity contribution is 9.10. The molecule has 4 nitrogen and oxygen atoms in total. The van der Waals surface area contributed by atoms with E-state index >= 15 is 0 Å². The number of hydrogen-bond donors (Lipinski definition) is 1. The molecule has 20 heavy (non-hydrogen) atoms. The van der Waals surface area contributed by atoms with E-state index in [1.165, 1.54) is 0 Å². The fourth-order valence-electron chi connectivity index (χ4n) is 1.81. The number of halogens is 2. The summed E-state index contributed by atoms with van der Waals surface area (Å²) in [7, 11) is 0. The number of amides is 1. The van der Waals surface area contributed by atoms with Gasteiger partial charge in [-0.1, -0.05) is 27.5 Å². The predicted octanol–water partition coefficient (Wildman–Crippen LogP) is 3.51. The second-order valence-corrected chi connectivity index (χ2v) is 5.71. The van der Waals surface area contributed by atoms with Gasteiger partial charge in [0.15, 0.2) is 0 Å². The molecule has 2 aromatic rings. The zero-order valence-corrected chi connectivity index (χ0v) is 13.2.